The van der Waals surface area contributed by atoms with E-state index in [1.807, 2.05) is 25.1 Å². The minimum absolute atomic E-state index is 0.213. The molecule has 3 rings (SSSR count). The monoisotopic (exact) mass is 365 g/mol. The van der Waals surface area contributed by atoms with Crippen LogP contribution in [0.1, 0.15) is 31.4 Å². The van der Waals surface area contributed by atoms with Crippen molar-refractivity contribution in [2.24, 2.45) is 0 Å². The number of sulfonamides is 1. The van der Waals surface area contributed by atoms with Gasteiger partial charge in [0.15, 0.2) is 0 Å². The molecule has 0 saturated carbocycles. The van der Waals surface area contributed by atoms with Gasteiger partial charge in [-0.2, -0.15) is 4.31 Å². The van der Waals surface area contributed by atoms with Gasteiger partial charge >= 0.3 is 0 Å². The SMILES string of the molecule is CCOc1ccc(S(=O)(=O)N2CCC[C@@H]2c2ccccc2Cl)cc1. The molecular formula is C18H20ClNO3S. The van der Waals surface area contributed by atoms with E-state index >= 15 is 0 Å². The average Bonchev–Trinajstić information content (AvgIpc) is 3.06. The molecule has 0 radical (unpaired) electrons. The number of nitrogens with zero attached hydrogens (tertiary/aromatic N) is 1. The van der Waals surface area contributed by atoms with E-state index in [0.717, 1.165) is 18.4 Å². The summed E-state index contributed by atoms with van der Waals surface area (Å²) in [6.07, 6.45) is 1.60. The molecule has 2 aromatic rings. The first kappa shape index (κ1) is 17.3. The van der Waals surface area contributed by atoms with Crippen LogP contribution in [0.2, 0.25) is 5.02 Å². The zero-order chi connectivity index (χ0) is 17.2. The molecule has 0 N–H and O–H groups in total. The van der Waals surface area contributed by atoms with Crippen molar-refractivity contribution in [3.8, 4) is 5.75 Å². The van der Waals surface area contributed by atoms with Crippen molar-refractivity contribution >= 4 is 21.6 Å². The van der Waals surface area contributed by atoms with Crippen molar-refractivity contribution in [2.45, 2.75) is 30.7 Å². The molecule has 0 aliphatic carbocycles. The Kier molecular flexibility index (Phi) is 5.13. The van der Waals surface area contributed by atoms with Gasteiger partial charge in [-0.3, -0.25) is 0 Å². The van der Waals surface area contributed by atoms with Crippen LogP contribution in [-0.4, -0.2) is 25.9 Å². The summed E-state index contributed by atoms with van der Waals surface area (Å²) in [5.41, 5.74) is 0.867. The summed E-state index contributed by atoms with van der Waals surface area (Å²) in [5, 5.41) is 0.608. The maximum Gasteiger partial charge on any atom is 0.243 e. The second-order valence-corrected chi connectivity index (χ2v) is 8.00. The zero-order valence-electron chi connectivity index (χ0n) is 13.5. The van der Waals surface area contributed by atoms with Crippen molar-refractivity contribution < 1.29 is 13.2 Å². The summed E-state index contributed by atoms with van der Waals surface area (Å²) in [6, 6.07) is 13.8. The molecule has 128 valence electrons. The summed E-state index contributed by atoms with van der Waals surface area (Å²) in [5.74, 6) is 0.667. The normalized spacial score (nSPS) is 18.7. The third-order valence-corrected chi connectivity index (χ3v) is 6.48. The van der Waals surface area contributed by atoms with E-state index in [-0.39, 0.29) is 10.9 Å². The van der Waals surface area contributed by atoms with Crippen LogP contribution in [0.4, 0.5) is 0 Å². The van der Waals surface area contributed by atoms with Crippen molar-refractivity contribution in [1.29, 1.82) is 0 Å². The Balaban J connectivity index is 1.92. The molecule has 1 saturated heterocycles. The molecule has 0 unspecified atom stereocenters. The minimum atomic E-state index is -3.57. The van der Waals surface area contributed by atoms with Gasteiger partial charge in [0.05, 0.1) is 17.5 Å². The van der Waals surface area contributed by atoms with Crippen molar-refractivity contribution in [2.75, 3.05) is 13.2 Å². The molecule has 2 aromatic carbocycles. The highest BCUT2D eigenvalue weighted by atomic mass is 35.5. The predicted molar refractivity (Wildman–Crippen MR) is 94.9 cm³/mol. The first-order valence-corrected chi connectivity index (χ1v) is 9.85. The fourth-order valence-electron chi connectivity index (χ4n) is 3.09. The van der Waals surface area contributed by atoms with Crippen LogP contribution in [0.3, 0.4) is 0 Å². The molecular weight excluding hydrogens is 346 g/mol. The molecule has 24 heavy (non-hydrogen) atoms. The summed E-state index contributed by atoms with van der Waals surface area (Å²) in [7, 11) is -3.57. The fourth-order valence-corrected chi connectivity index (χ4v) is 5.03. The minimum Gasteiger partial charge on any atom is -0.494 e. The smallest absolute Gasteiger partial charge is 0.243 e. The second kappa shape index (κ2) is 7.13. The van der Waals surface area contributed by atoms with Crippen LogP contribution in [-0.2, 0) is 10.0 Å². The Morgan fingerprint density at radius 1 is 1.17 bits per heavy atom. The van der Waals surface area contributed by atoms with Crippen LogP contribution in [0.25, 0.3) is 0 Å². The third-order valence-electron chi connectivity index (χ3n) is 4.21. The second-order valence-electron chi connectivity index (χ2n) is 5.70. The van der Waals surface area contributed by atoms with E-state index in [9.17, 15) is 8.42 Å². The van der Waals surface area contributed by atoms with Gasteiger partial charge in [-0.05, 0) is 55.7 Å². The molecule has 0 bridgehead atoms. The summed E-state index contributed by atoms with van der Waals surface area (Å²) < 4.78 is 33.0. The average molecular weight is 366 g/mol. The lowest BCUT2D eigenvalue weighted by molar-refractivity contribution is 0.340. The maximum absolute atomic E-state index is 13.0. The van der Waals surface area contributed by atoms with E-state index in [0.29, 0.717) is 23.9 Å². The lowest BCUT2D eigenvalue weighted by Crippen LogP contribution is -2.30. The van der Waals surface area contributed by atoms with Gasteiger partial charge in [-0.15, -0.1) is 0 Å². The van der Waals surface area contributed by atoms with E-state index in [2.05, 4.69) is 0 Å². The van der Waals surface area contributed by atoms with Crippen molar-refractivity contribution in [1.82, 2.24) is 4.31 Å². The first-order valence-electron chi connectivity index (χ1n) is 8.03. The van der Waals surface area contributed by atoms with Crippen LogP contribution in [0.15, 0.2) is 53.4 Å². The molecule has 1 fully saturated rings. The Morgan fingerprint density at radius 3 is 2.54 bits per heavy atom. The van der Waals surface area contributed by atoms with Gasteiger partial charge in [0.2, 0.25) is 10.0 Å². The van der Waals surface area contributed by atoms with Gasteiger partial charge < -0.3 is 4.74 Å². The zero-order valence-corrected chi connectivity index (χ0v) is 15.1. The highest BCUT2D eigenvalue weighted by molar-refractivity contribution is 7.89. The van der Waals surface area contributed by atoms with Crippen molar-refractivity contribution in [3.05, 3.63) is 59.1 Å². The van der Waals surface area contributed by atoms with Crippen LogP contribution in [0.5, 0.6) is 5.75 Å². The van der Waals surface area contributed by atoms with Gasteiger partial charge in [0.1, 0.15) is 5.75 Å². The third kappa shape index (κ3) is 3.29. The van der Waals surface area contributed by atoms with Crippen molar-refractivity contribution in [3.63, 3.8) is 0 Å². The molecule has 6 heteroatoms. The number of benzene rings is 2. The fraction of sp³-hybridized carbons (Fsp3) is 0.333. The van der Waals surface area contributed by atoms with Gasteiger partial charge in [0, 0.05) is 11.6 Å². The standard InChI is InChI=1S/C18H20ClNO3S/c1-2-23-14-9-11-15(12-10-14)24(21,22)20-13-5-8-18(20)16-6-3-4-7-17(16)19/h3-4,6-7,9-12,18H,2,5,8,13H2,1H3/t18-/m1/s1. The summed E-state index contributed by atoms with van der Waals surface area (Å²) in [6.45, 7) is 2.95. The quantitative estimate of drug-likeness (QED) is 0.795. The van der Waals surface area contributed by atoms with Gasteiger partial charge in [0.25, 0.3) is 0 Å². The molecule has 1 aliphatic heterocycles. The number of hydrogen-bond acceptors (Lipinski definition) is 3. The lowest BCUT2D eigenvalue weighted by atomic mass is 10.1. The van der Waals surface area contributed by atoms with Gasteiger partial charge in [-0.25, -0.2) is 8.42 Å². The molecule has 0 amide bonds. The molecule has 0 aromatic heterocycles. The predicted octanol–water partition coefficient (Wildman–Crippen LogP) is 4.26. The van der Waals surface area contributed by atoms with Crippen LogP contribution in [0, 0.1) is 0 Å². The number of ether oxygens (including phenoxy) is 1. The van der Waals surface area contributed by atoms with Crippen LogP contribution >= 0.6 is 11.6 Å². The highest BCUT2D eigenvalue weighted by Crippen LogP contribution is 2.39. The first-order chi connectivity index (χ1) is 11.5. The Morgan fingerprint density at radius 2 is 1.88 bits per heavy atom. The Labute approximate surface area is 148 Å². The van der Waals surface area contributed by atoms with Gasteiger partial charge in [-0.1, -0.05) is 29.8 Å². The Bertz CT molecular complexity index is 805. The molecule has 1 aliphatic rings. The summed E-state index contributed by atoms with van der Waals surface area (Å²) >= 11 is 6.28. The van der Waals surface area contributed by atoms with E-state index in [4.69, 9.17) is 16.3 Å². The summed E-state index contributed by atoms with van der Waals surface area (Å²) in [4.78, 5) is 0.282. The molecule has 4 nitrogen and oxygen atoms in total. The Hall–Kier alpha value is -1.56. The molecule has 0 spiro atoms. The maximum atomic E-state index is 13.0. The molecule has 1 atom stereocenters. The van der Waals surface area contributed by atoms with Crippen LogP contribution < -0.4 is 4.74 Å². The van der Waals surface area contributed by atoms with E-state index in [1.54, 1.807) is 34.6 Å². The largest absolute Gasteiger partial charge is 0.494 e. The number of rotatable bonds is 5. The van der Waals surface area contributed by atoms with E-state index in [1.165, 1.54) is 0 Å². The van der Waals surface area contributed by atoms with E-state index < -0.39 is 10.0 Å². The number of hydrogen-bond donors (Lipinski definition) is 0. The molecule has 1 heterocycles. The lowest BCUT2D eigenvalue weighted by Gasteiger charge is -2.25. The topological polar surface area (TPSA) is 46.6 Å². The number of halogens is 1. The highest BCUT2D eigenvalue weighted by Gasteiger charge is 2.36.